The molecule has 0 saturated heterocycles. The van der Waals surface area contributed by atoms with Crippen molar-refractivity contribution in [2.24, 2.45) is 11.7 Å². The fourth-order valence-corrected chi connectivity index (χ4v) is 1.66. The van der Waals surface area contributed by atoms with Crippen LogP contribution in [0.3, 0.4) is 0 Å². The van der Waals surface area contributed by atoms with Crippen LogP contribution in [-0.4, -0.2) is 16.0 Å². The Balaban J connectivity index is 1.91. The first-order chi connectivity index (χ1) is 9.54. The Kier molecular flexibility index (Phi) is 4.34. The molecule has 0 aliphatic carbocycles. The van der Waals surface area contributed by atoms with Gasteiger partial charge in [-0.1, -0.05) is 19.0 Å². The number of benzene rings is 1. The standard InChI is InChI=1S/C14H17N3O3/c1-9(2)7-12-16-13(20-17-12)8-19-11-5-3-10(4-6-11)14(15)18/h3-6,9H,7-8H2,1-2H3,(H2,15,18). The SMILES string of the molecule is CC(C)Cc1noc(COc2ccc(C(N)=O)cc2)n1. The summed E-state index contributed by atoms with van der Waals surface area (Å²) in [6.07, 6.45) is 0.775. The van der Waals surface area contributed by atoms with Crippen LogP contribution in [0.5, 0.6) is 5.75 Å². The first kappa shape index (κ1) is 14.0. The number of carbonyl (C=O) groups is 1. The van der Waals surface area contributed by atoms with Crippen LogP contribution in [0.15, 0.2) is 28.8 Å². The van der Waals surface area contributed by atoms with Gasteiger partial charge >= 0.3 is 0 Å². The molecule has 0 aliphatic rings. The molecule has 6 nitrogen and oxygen atoms in total. The maximum absolute atomic E-state index is 10.9. The van der Waals surface area contributed by atoms with E-state index in [0.717, 1.165) is 6.42 Å². The summed E-state index contributed by atoms with van der Waals surface area (Å²) < 4.78 is 10.6. The number of nitrogens with zero attached hydrogens (tertiary/aromatic N) is 2. The molecule has 2 rings (SSSR count). The molecule has 0 spiro atoms. The lowest BCUT2D eigenvalue weighted by Gasteiger charge is -2.03. The van der Waals surface area contributed by atoms with Crippen molar-refractivity contribution in [2.45, 2.75) is 26.9 Å². The summed E-state index contributed by atoms with van der Waals surface area (Å²) in [4.78, 5) is 15.2. The van der Waals surface area contributed by atoms with E-state index in [4.69, 9.17) is 15.0 Å². The molecule has 1 heterocycles. The second-order valence-electron chi connectivity index (χ2n) is 4.88. The molecule has 106 valence electrons. The van der Waals surface area contributed by atoms with Crippen LogP contribution in [0.1, 0.15) is 35.9 Å². The van der Waals surface area contributed by atoms with Gasteiger partial charge in [0.15, 0.2) is 12.4 Å². The van der Waals surface area contributed by atoms with Crippen molar-refractivity contribution in [2.75, 3.05) is 0 Å². The highest BCUT2D eigenvalue weighted by atomic mass is 16.5. The molecule has 0 bridgehead atoms. The molecule has 2 aromatic rings. The van der Waals surface area contributed by atoms with Crippen molar-refractivity contribution >= 4 is 5.91 Å². The van der Waals surface area contributed by atoms with Crippen molar-refractivity contribution < 1.29 is 14.1 Å². The zero-order valence-corrected chi connectivity index (χ0v) is 11.5. The average Bonchev–Trinajstić information content (AvgIpc) is 2.83. The fraction of sp³-hybridized carbons (Fsp3) is 0.357. The summed E-state index contributed by atoms with van der Waals surface area (Å²) in [5.41, 5.74) is 5.60. The van der Waals surface area contributed by atoms with Gasteiger partial charge in [-0.25, -0.2) is 0 Å². The van der Waals surface area contributed by atoms with Crippen LogP contribution in [0.25, 0.3) is 0 Å². The summed E-state index contributed by atoms with van der Waals surface area (Å²) in [5.74, 6) is 1.73. The maximum Gasteiger partial charge on any atom is 0.264 e. The topological polar surface area (TPSA) is 91.2 Å². The van der Waals surface area contributed by atoms with Gasteiger partial charge in [0.25, 0.3) is 5.89 Å². The number of nitrogens with two attached hydrogens (primary N) is 1. The summed E-state index contributed by atoms with van der Waals surface area (Å²) in [6.45, 7) is 4.38. The van der Waals surface area contributed by atoms with Gasteiger partial charge in [-0.05, 0) is 30.2 Å². The molecule has 20 heavy (non-hydrogen) atoms. The Bertz CT molecular complexity index is 576. The van der Waals surface area contributed by atoms with Crippen LogP contribution < -0.4 is 10.5 Å². The lowest BCUT2D eigenvalue weighted by Crippen LogP contribution is -2.10. The summed E-state index contributed by atoms with van der Waals surface area (Å²) >= 11 is 0. The number of ether oxygens (including phenoxy) is 1. The first-order valence-corrected chi connectivity index (χ1v) is 6.38. The molecular formula is C14H17N3O3. The monoisotopic (exact) mass is 275 g/mol. The predicted octanol–water partition coefficient (Wildman–Crippen LogP) is 1.95. The van der Waals surface area contributed by atoms with E-state index in [9.17, 15) is 4.79 Å². The van der Waals surface area contributed by atoms with E-state index in [-0.39, 0.29) is 6.61 Å². The summed E-state index contributed by atoms with van der Waals surface area (Å²) in [7, 11) is 0. The summed E-state index contributed by atoms with van der Waals surface area (Å²) in [6, 6.07) is 6.56. The van der Waals surface area contributed by atoms with E-state index in [0.29, 0.717) is 28.9 Å². The molecule has 6 heteroatoms. The number of rotatable bonds is 6. The van der Waals surface area contributed by atoms with Crippen LogP contribution in [0.4, 0.5) is 0 Å². The van der Waals surface area contributed by atoms with E-state index in [2.05, 4.69) is 24.0 Å². The molecule has 0 atom stereocenters. The third-order valence-electron chi connectivity index (χ3n) is 2.60. The fourth-order valence-electron chi connectivity index (χ4n) is 1.66. The van der Waals surface area contributed by atoms with Crippen molar-refractivity contribution in [3.05, 3.63) is 41.5 Å². The number of aromatic nitrogens is 2. The van der Waals surface area contributed by atoms with Gasteiger partial charge in [0.2, 0.25) is 5.91 Å². The molecule has 0 saturated carbocycles. The van der Waals surface area contributed by atoms with Crippen molar-refractivity contribution in [1.29, 1.82) is 0 Å². The number of hydrogen-bond acceptors (Lipinski definition) is 5. The molecule has 1 aromatic carbocycles. The zero-order chi connectivity index (χ0) is 14.5. The van der Waals surface area contributed by atoms with E-state index < -0.39 is 5.91 Å². The molecule has 0 unspecified atom stereocenters. The quantitative estimate of drug-likeness (QED) is 0.870. The average molecular weight is 275 g/mol. The largest absolute Gasteiger partial charge is 0.484 e. The third-order valence-corrected chi connectivity index (χ3v) is 2.60. The zero-order valence-electron chi connectivity index (χ0n) is 11.5. The lowest BCUT2D eigenvalue weighted by molar-refractivity contribution is 0.1000. The Morgan fingerprint density at radius 1 is 1.35 bits per heavy atom. The van der Waals surface area contributed by atoms with Gasteiger partial charge in [0.1, 0.15) is 5.75 Å². The molecular weight excluding hydrogens is 258 g/mol. The third kappa shape index (κ3) is 3.81. The van der Waals surface area contributed by atoms with E-state index in [1.165, 1.54) is 0 Å². The Morgan fingerprint density at radius 2 is 2.05 bits per heavy atom. The minimum absolute atomic E-state index is 0.195. The smallest absolute Gasteiger partial charge is 0.264 e. The van der Waals surface area contributed by atoms with Gasteiger partial charge < -0.3 is 15.0 Å². The van der Waals surface area contributed by atoms with E-state index in [1.807, 2.05) is 0 Å². The molecule has 0 fully saturated rings. The van der Waals surface area contributed by atoms with Gasteiger partial charge in [0, 0.05) is 12.0 Å². The van der Waals surface area contributed by atoms with Gasteiger partial charge in [-0.15, -0.1) is 0 Å². The second kappa shape index (κ2) is 6.18. The number of carbonyl (C=O) groups excluding carboxylic acids is 1. The number of primary amides is 1. The Labute approximate surface area is 116 Å². The predicted molar refractivity (Wildman–Crippen MR) is 72.1 cm³/mol. The normalized spacial score (nSPS) is 10.8. The highest BCUT2D eigenvalue weighted by Gasteiger charge is 2.09. The maximum atomic E-state index is 10.9. The first-order valence-electron chi connectivity index (χ1n) is 6.38. The van der Waals surface area contributed by atoms with E-state index >= 15 is 0 Å². The highest BCUT2D eigenvalue weighted by Crippen LogP contribution is 2.14. The minimum atomic E-state index is -0.466. The highest BCUT2D eigenvalue weighted by molar-refractivity contribution is 5.92. The Morgan fingerprint density at radius 3 is 2.65 bits per heavy atom. The number of amides is 1. The van der Waals surface area contributed by atoms with Gasteiger partial charge in [0.05, 0.1) is 0 Å². The van der Waals surface area contributed by atoms with Gasteiger partial charge in [-0.2, -0.15) is 4.98 Å². The number of hydrogen-bond donors (Lipinski definition) is 1. The van der Waals surface area contributed by atoms with Crippen molar-refractivity contribution in [3.8, 4) is 5.75 Å². The van der Waals surface area contributed by atoms with Crippen LogP contribution in [0, 0.1) is 5.92 Å². The summed E-state index contributed by atoms with van der Waals surface area (Å²) in [5, 5.41) is 3.88. The molecule has 1 aromatic heterocycles. The second-order valence-corrected chi connectivity index (χ2v) is 4.88. The minimum Gasteiger partial charge on any atom is -0.484 e. The van der Waals surface area contributed by atoms with E-state index in [1.54, 1.807) is 24.3 Å². The van der Waals surface area contributed by atoms with Crippen molar-refractivity contribution in [3.63, 3.8) is 0 Å². The van der Waals surface area contributed by atoms with Crippen molar-refractivity contribution in [1.82, 2.24) is 10.1 Å². The van der Waals surface area contributed by atoms with Crippen LogP contribution in [-0.2, 0) is 13.0 Å². The van der Waals surface area contributed by atoms with Crippen LogP contribution in [0.2, 0.25) is 0 Å². The lowest BCUT2D eigenvalue weighted by atomic mass is 10.1. The Hall–Kier alpha value is -2.37. The molecule has 0 aliphatic heterocycles. The molecule has 2 N–H and O–H groups in total. The van der Waals surface area contributed by atoms with Crippen LogP contribution >= 0.6 is 0 Å². The van der Waals surface area contributed by atoms with Gasteiger partial charge in [-0.3, -0.25) is 4.79 Å². The molecule has 1 amide bonds. The molecule has 0 radical (unpaired) electrons.